The lowest BCUT2D eigenvalue weighted by atomic mass is 9.97. The van der Waals surface area contributed by atoms with Gasteiger partial charge in [0.15, 0.2) is 5.96 Å². The number of carbonyl (C=O) groups excluding carboxylic acids is 3. The Hall–Kier alpha value is -3.67. The van der Waals surface area contributed by atoms with Gasteiger partial charge in [-0.15, -0.1) is 0 Å². The summed E-state index contributed by atoms with van der Waals surface area (Å²) < 4.78 is 0. The summed E-state index contributed by atoms with van der Waals surface area (Å²) in [5, 5.41) is 16.5. The molecule has 4 atom stereocenters. The molecule has 0 bridgehead atoms. The van der Waals surface area contributed by atoms with Crippen LogP contribution in [0.25, 0.3) is 0 Å². The zero-order valence-electron chi connectivity index (χ0n) is 20.2. The molecule has 3 amide bonds. The van der Waals surface area contributed by atoms with Crippen LogP contribution in [0.5, 0.6) is 0 Å². The topological polar surface area (TPSA) is 215 Å². The summed E-state index contributed by atoms with van der Waals surface area (Å²) in [7, 11) is 0. The Morgan fingerprint density at radius 2 is 1.69 bits per heavy atom. The minimum Gasteiger partial charge on any atom is -0.480 e. The van der Waals surface area contributed by atoms with E-state index in [1.54, 1.807) is 6.92 Å². The first-order chi connectivity index (χ1) is 16.5. The van der Waals surface area contributed by atoms with E-state index in [1.807, 2.05) is 37.3 Å². The lowest BCUT2D eigenvalue weighted by molar-refractivity contribution is -0.139. The summed E-state index contributed by atoms with van der Waals surface area (Å²) in [6.45, 7) is 3.36. The first kappa shape index (κ1) is 29.4. The van der Waals surface area contributed by atoms with Crippen molar-refractivity contribution < 1.29 is 24.3 Å². The fourth-order valence-electron chi connectivity index (χ4n) is 3.22. The predicted molar refractivity (Wildman–Crippen MR) is 132 cm³/mol. The molecule has 0 aliphatic carbocycles. The molecule has 0 saturated carbocycles. The zero-order chi connectivity index (χ0) is 26.4. The highest BCUT2D eigenvalue weighted by molar-refractivity contribution is 5.94. The third-order valence-corrected chi connectivity index (χ3v) is 5.43. The number of rotatable bonds is 15. The number of carboxylic acid groups (broad SMARTS) is 1. The lowest BCUT2D eigenvalue weighted by Gasteiger charge is -2.27. The standard InChI is InChI=1S/C23H37N7O5/c1-3-14(2)19(22(35)28-13-18(31)32)30-21(34)17(12-15-8-5-4-6-9-15)29-20(33)16(24)10-7-11-27-23(25)26/h4-6,8-9,14,16-17,19H,3,7,10-13,24H2,1-2H3,(H,28,35)(H,29,33)(H,30,34)(H,31,32)(H4,25,26,27). The minimum atomic E-state index is -1.20. The third-order valence-electron chi connectivity index (χ3n) is 5.43. The molecule has 0 aromatic heterocycles. The Morgan fingerprint density at radius 1 is 1.03 bits per heavy atom. The van der Waals surface area contributed by atoms with E-state index in [0.29, 0.717) is 25.8 Å². The second-order valence-corrected chi connectivity index (χ2v) is 8.29. The second-order valence-electron chi connectivity index (χ2n) is 8.29. The zero-order valence-corrected chi connectivity index (χ0v) is 20.2. The van der Waals surface area contributed by atoms with Crippen LogP contribution in [0, 0.1) is 5.92 Å². The Balaban J connectivity index is 2.97. The molecule has 0 spiro atoms. The molecule has 0 aliphatic rings. The highest BCUT2D eigenvalue weighted by atomic mass is 16.4. The predicted octanol–water partition coefficient (Wildman–Crippen LogP) is -1.17. The molecule has 0 aliphatic heterocycles. The normalized spacial score (nSPS) is 14.0. The van der Waals surface area contributed by atoms with E-state index in [1.165, 1.54) is 0 Å². The van der Waals surface area contributed by atoms with Crippen molar-refractivity contribution >= 4 is 29.7 Å². The van der Waals surface area contributed by atoms with Gasteiger partial charge in [-0.3, -0.25) is 24.2 Å². The van der Waals surface area contributed by atoms with Gasteiger partial charge in [-0.05, 0) is 24.3 Å². The van der Waals surface area contributed by atoms with E-state index >= 15 is 0 Å². The summed E-state index contributed by atoms with van der Waals surface area (Å²) in [5.74, 6) is -3.25. The molecule has 0 heterocycles. The van der Waals surface area contributed by atoms with E-state index in [-0.39, 0.29) is 18.3 Å². The quantitative estimate of drug-likeness (QED) is 0.0898. The number of aliphatic imine (C=N–C) groups is 1. The second kappa shape index (κ2) is 15.3. The summed E-state index contributed by atoms with van der Waals surface area (Å²) in [5.41, 5.74) is 17.4. The van der Waals surface area contributed by atoms with Gasteiger partial charge >= 0.3 is 5.97 Å². The van der Waals surface area contributed by atoms with Crippen molar-refractivity contribution in [2.24, 2.45) is 28.1 Å². The van der Waals surface area contributed by atoms with Gasteiger partial charge in [-0.2, -0.15) is 0 Å². The number of hydrogen-bond donors (Lipinski definition) is 7. The summed E-state index contributed by atoms with van der Waals surface area (Å²) in [6, 6.07) is 6.20. The number of benzene rings is 1. The summed E-state index contributed by atoms with van der Waals surface area (Å²) in [4.78, 5) is 53.2. The maximum atomic E-state index is 13.2. The molecule has 1 rings (SSSR count). The van der Waals surface area contributed by atoms with E-state index in [4.69, 9.17) is 22.3 Å². The molecule has 0 radical (unpaired) electrons. The molecule has 35 heavy (non-hydrogen) atoms. The number of nitrogens with zero attached hydrogens (tertiary/aromatic N) is 1. The molecule has 12 heteroatoms. The Labute approximate surface area is 205 Å². The van der Waals surface area contributed by atoms with E-state index in [0.717, 1.165) is 5.56 Å². The van der Waals surface area contributed by atoms with Crippen LogP contribution in [-0.2, 0) is 25.6 Å². The van der Waals surface area contributed by atoms with Crippen LogP contribution >= 0.6 is 0 Å². The van der Waals surface area contributed by atoms with Crippen LogP contribution in [0.4, 0.5) is 0 Å². The molecular weight excluding hydrogens is 454 g/mol. The van der Waals surface area contributed by atoms with Crippen molar-refractivity contribution in [2.75, 3.05) is 13.1 Å². The van der Waals surface area contributed by atoms with Crippen molar-refractivity contribution in [1.29, 1.82) is 0 Å². The number of nitrogens with two attached hydrogens (primary N) is 3. The van der Waals surface area contributed by atoms with E-state index in [2.05, 4.69) is 20.9 Å². The smallest absolute Gasteiger partial charge is 0.322 e. The minimum absolute atomic E-state index is 0.0501. The molecule has 4 unspecified atom stereocenters. The number of nitrogens with one attached hydrogen (secondary N) is 3. The van der Waals surface area contributed by atoms with Gasteiger partial charge in [0.2, 0.25) is 17.7 Å². The first-order valence-electron chi connectivity index (χ1n) is 11.5. The molecule has 12 nitrogen and oxygen atoms in total. The average molecular weight is 492 g/mol. The van der Waals surface area contributed by atoms with Crippen molar-refractivity contribution in [1.82, 2.24) is 16.0 Å². The third kappa shape index (κ3) is 11.3. The largest absolute Gasteiger partial charge is 0.480 e. The van der Waals surface area contributed by atoms with Gasteiger partial charge in [-0.1, -0.05) is 50.6 Å². The van der Waals surface area contributed by atoms with Crippen LogP contribution in [0.2, 0.25) is 0 Å². The van der Waals surface area contributed by atoms with Crippen LogP contribution < -0.4 is 33.2 Å². The number of hydrogen-bond acceptors (Lipinski definition) is 6. The molecule has 1 aromatic carbocycles. The number of amides is 3. The fraction of sp³-hybridized carbons (Fsp3) is 0.522. The maximum Gasteiger partial charge on any atom is 0.322 e. The number of aliphatic carboxylic acids is 1. The Kier molecular flexibility index (Phi) is 12.8. The van der Waals surface area contributed by atoms with Crippen molar-refractivity contribution in [3.05, 3.63) is 35.9 Å². The van der Waals surface area contributed by atoms with Crippen LogP contribution in [0.15, 0.2) is 35.3 Å². The monoisotopic (exact) mass is 491 g/mol. The maximum absolute atomic E-state index is 13.2. The van der Waals surface area contributed by atoms with Gasteiger partial charge < -0.3 is 38.3 Å². The number of carbonyl (C=O) groups is 4. The van der Waals surface area contributed by atoms with Gasteiger partial charge in [0, 0.05) is 13.0 Å². The molecular formula is C23H37N7O5. The molecule has 1 aromatic rings. The van der Waals surface area contributed by atoms with E-state index < -0.39 is 48.4 Å². The van der Waals surface area contributed by atoms with Crippen molar-refractivity contribution in [3.63, 3.8) is 0 Å². The fourth-order valence-corrected chi connectivity index (χ4v) is 3.22. The van der Waals surface area contributed by atoms with Crippen molar-refractivity contribution in [2.45, 2.75) is 57.7 Å². The lowest BCUT2D eigenvalue weighted by Crippen LogP contribution is -2.58. The van der Waals surface area contributed by atoms with Gasteiger partial charge in [0.25, 0.3) is 0 Å². The van der Waals surface area contributed by atoms with Gasteiger partial charge in [0.1, 0.15) is 18.6 Å². The summed E-state index contributed by atoms with van der Waals surface area (Å²) >= 11 is 0. The van der Waals surface area contributed by atoms with Crippen LogP contribution in [-0.4, -0.2) is 66.0 Å². The van der Waals surface area contributed by atoms with Gasteiger partial charge in [0.05, 0.1) is 6.04 Å². The number of carboxylic acids is 1. The summed E-state index contributed by atoms with van der Waals surface area (Å²) in [6.07, 6.45) is 1.50. The number of guanidine groups is 1. The van der Waals surface area contributed by atoms with Crippen LogP contribution in [0.1, 0.15) is 38.7 Å². The Morgan fingerprint density at radius 3 is 2.26 bits per heavy atom. The molecule has 0 fully saturated rings. The highest BCUT2D eigenvalue weighted by Gasteiger charge is 2.31. The Bertz CT molecular complexity index is 874. The van der Waals surface area contributed by atoms with Gasteiger partial charge in [-0.25, -0.2) is 0 Å². The SMILES string of the molecule is CCC(C)C(NC(=O)C(Cc1ccccc1)NC(=O)C(N)CCCN=C(N)N)C(=O)NCC(=O)O. The van der Waals surface area contributed by atoms with E-state index in [9.17, 15) is 19.2 Å². The van der Waals surface area contributed by atoms with Crippen LogP contribution in [0.3, 0.4) is 0 Å². The van der Waals surface area contributed by atoms with Crippen molar-refractivity contribution in [3.8, 4) is 0 Å². The molecule has 0 saturated heterocycles. The molecule has 194 valence electrons. The first-order valence-corrected chi connectivity index (χ1v) is 11.5. The molecule has 10 N–H and O–H groups in total. The average Bonchev–Trinajstić information content (AvgIpc) is 2.82. The highest BCUT2D eigenvalue weighted by Crippen LogP contribution is 2.10.